The fourth-order valence-electron chi connectivity index (χ4n) is 3.57. The summed E-state index contributed by atoms with van der Waals surface area (Å²) >= 11 is 0. The van der Waals surface area contributed by atoms with Crippen LogP contribution in [0.1, 0.15) is 42.1 Å². The Morgan fingerprint density at radius 3 is 2.86 bits per heavy atom. The molecule has 4 heteroatoms. The van der Waals surface area contributed by atoms with Gasteiger partial charge >= 0.3 is 0 Å². The van der Waals surface area contributed by atoms with Crippen LogP contribution in [-0.4, -0.2) is 47.4 Å². The van der Waals surface area contributed by atoms with E-state index in [1.165, 1.54) is 25.8 Å². The van der Waals surface area contributed by atoms with Crippen molar-refractivity contribution in [3.63, 3.8) is 0 Å². The summed E-state index contributed by atoms with van der Waals surface area (Å²) in [6.07, 6.45) is 3.80. The van der Waals surface area contributed by atoms with Crippen molar-refractivity contribution in [3.8, 4) is 0 Å². The lowest BCUT2D eigenvalue weighted by Crippen LogP contribution is -2.60. The van der Waals surface area contributed by atoms with Gasteiger partial charge in [0.25, 0.3) is 5.91 Å². The maximum absolute atomic E-state index is 12.8. The highest BCUT2D eigenvalue weighted by atomic mass is 16.2. The first kappa shape index (κ1) is 14.4. The zero-order chi connectivity index (χ0) is 15.0. The van der Waals surface area contributed by atoms with Crippen molar-refractivity contribution in [1.29, 1.82) is 0 Å². The first-order valence-electron chi connectivity index (χ1n) is 7.97. The molecular formula is C17H25N3O. The average Bonchev–Trinajstić information content (AvgIpc) is 2.48. The highest BCUT2D eigenvalue weighted by molar-refractivity contribution is 5.95. The summed E-state index contributed by atoms with van der Waals surface area (Å²) in [6, 6.07) is 6.46. The van der Waals surface area contributed by atoms with Crippen molar-refractivity contribution in [2.45, 2.75) is 45.2 Å². The van der Waals surface area contributed by atoms with Gasteiger partial charge in [0.05, 0.1) is 0 Å². The van der Waals surface area contributed by atoms with Crippen LogP contribution in [0.5, 0.6) is 0 Å². The molecule has 21 heavy (non-hydrogen) atoms. The fraction of sp³-hybridized carbons (Fsp3) is 0.588. The molecule has 3 rings (SSSR count). The van der Waals surface area contributed by atoms with Gasteiger partial charge in [0.1, 0.15) is 0 Å². The van der Waals surface area contributed by atoms with E-state index in [2.05, 4.69) is 11.8 Å². The normalized spacial score (nSPS) is 26.5. The molecule has 0 bridgehead atoms. The smallest absolute Gasteiger partial charge is 0.254 e. The Kier molecular flexibility index (Phi) is 3.89. The van der Waals surface area contributed by atoms with Crippen LogP contribution in [0.15, 0.2) is 18.2 Å². The minimum absolute atomic E-state index is 0.124. The molecule has 0 aliphatic carbocycles. The molecule has 2 saturated heterocycles. The number of aryl methyl sites for hydroxylation is 1. The van der Waals surface area contributed by atoms with Crippen molar-refractivity contribution in [3.05, 3.63) is 29.3 Å². The molecule has 2 fully saturated rings. The third-order valence-corrected chi connectivity index (χ3v) is 4.97. The Balaban J connectivity index is 1.78. The van der Waals surface area contributed by atoms with Gasteiger partial charge in [0.15, 0.2) is 0 Å². The standard InChI is InChI=1S/C17H25N3O/c1-12-6-7-14(9-16(12)18)17(21)20-11-15-5-3-4-8-19(15)10-13(20)2/h6-7,9,13,15H,3-5,8,10-11,18H2,1-2H3. The zero-order valence-corrected chi connectivity index (χ0v) is 13.0. The number of anilines is 1. The van der Waals surface area contributed by atoms with Crippen molar-refractivity contribution in [2.24, 2.45) is 0 Å². The molecule has 1 aromatic rings. The molecule has 1 amide bonds. The quantitative estimate of drug-likeness (QED) is 0.806. The summed E-state index contributed by atoms with van der Waals surface area (Å²) in [7, 11) is 0. The monoisotopic (exact) mass is 287 g/mol. The summed E-state index contributed by atoms with van der Waals surface area (Å²) in [5, 5.41) is 0. The number of nitrogens with zero attached hydrogens (tertiary/aromatic N) is 2. The number of nitrogens with two attached hydrogens (primary N) is 1. The molecule has 0 saturated carbocycles. The summed E-state index contributed by atoms with van der Waals surface area (Å²) in [5.41, 5.74) is 8.39. The second kappa shape index (κ2) is 5.68. The first-order chi connectivity index (χ1) is 10.1. The van der Waals surface area contributed by atoms with Gasteiger partial charge in [-0.05, 0) is 50.9 Å². The molecule has 2 aliphatic heterocycles. The van der Waals surface area contributed by atoms with Crippen LogP contribution in [0, 0.1) is 6.92 Å². The summed E-state index contributed by atoms with van der Waals surface area (Å²) in [5.74, 6) is 0.124. The van der Waals surface area contributed by atoms with Crippen LogP contribution in [0.3, 0.4) is 0 Å². The van der Waals surface area contributed by atoms with Crippen molar-refractivity contribution >= 4 is 11.6 Å². The molecule has 114 valence electrons. The van der Waals surface area contributed by atoms with E-state index in [1.54, 1.807) is 0 Å². The van der Waals surface area contributed by atoms with E-state index in [1.807, 2.05) is 30.0 Å². The molecule has 1 aromatic carbocycles. The van der Waals surface area contributed by atoms with Crippen LogP contribution in [0.2, 0.25) is 0 Å². The molecular weight excluding hydrogens is 262 g/mol. The summed E-state index contributed by atoms with van der Waals surface area (Å²) in [6.45, 7) is 7.16. The van der Waals surface area contributed by atoms with Crippen molar-refractivity contribution in [1.82, 2.24) is 9.80 Å². The number of carbonyl (C=O) groups excluding carboxylic acids is 1. The van der Waals surface area contributed by atoms with Gasteiger partial charge in [0.2, 0.25) is 0 Å². The number of benzene rings is 1. The maximum atomic E-state index is 12.8. The number of piperidine rings is 1. The third-order valence-electron chi connectivity index (χ3n) is 4.97. The molecule has 2 heterocycles. The third kappa shape index (κ3) is 2.77. The van der Waals surface area contributed by atoms with E-state index >= 15 is 0 Å². The number of piperazine rings is 1. The Labute approximate surface area is 126 Å². The van der Waals surface area contributed by atoms with E-state index < -0.39 is 0 Å². The Morgan fingerprint density at radius 1 is 1.29 bits per heavy atom. The number of rotatable bonds is 1. The SMILES string of the molecule is Cc1ccc(C(=O)N2CC3CCCCN3CC2C)cc1N. The summed E-state index contributed by atoms with van der Waals surface area (Å²) < 4.78 is 0. The second-order valence-corrected chi connectivity index (χ2v) is 6.52. The van der Waals surface area contributed by atoms with Crippen LogP contribution < -0.4 is 5.73 Å². The van der Waals surface area contributed by atoms with Crippen LogP contribution in [0.4, 0.5) is 5.69 Å². The van der Waals surface area contributed by atoms with E-state index in [4.69, 9.17) is 5.73 Å². The lowest BCUT2D eigenvalue weighted by Gasteiger charge is -2.47. The highest BCUT2D eigenvalue weighted by Gasteiger charge is 2.35. The van der Waals surface area contributed by atoms with Gasteiger partial charge in [-0.15, -0.1) is 0 Å². The van der Waals surface area contributed by atoms with Gasteiger partial charge in [-0.25, -0.2) is 0 Å². The van der Waals surface area contributed by atoms with Gasteiger partial charge in [-0.2, -0.15) is 0 Å². The van der Waals surface area contributed by atoms with Crippen LogP contribution >= 0.6 is 0 Å². The minimum Gasteiger partial charge on any atom is -0.398 e. The second-order valence-electron chi connectivity index (χ2n) is 6.52. The van der Waals surface area contributed by atoms with Gasteiger partial charge in [-0.3, -0.25) is 9.69 Å². The Morgan fingerprint density at radius 2 is 2.10 bits per heavy atom. The maximum Gasteiger partial charge on any atom is 0.254 e. The number of nitrogen functional groups attached to an aromatic ring is 1. The Bertz CT molecular complexity index is 543. The van der Waals surface area contributed by atoms with Crippen molar-refractivity contribution in [2.75, 3.05) is 25.4 Å². The molecule has 4 nitrogen and oxygen atoms in total. The average molecular weight is 287 g/mol. The van der Waals surface area contributed by atoms with Crippen LogP contribution in [0.25, 0.3) is 0 Å². The van der Waals surface area contributed by atoms with Gasteiger partial charge < -0.3 is 10.6 Å². The lowest BCUT2D eigenvalue weighted by molar-refractivity contribution is 0.0152. The Hall–Kier alpha value is -1.55. The fourth-order valence-corrected chi connectivity index (χ4v) is 3.57. The zero-order valence-electron chi connectivity index (χ0n) is 13.0. The van der Waals surface area contributed by atoms with Crippen molar-refractivity contribution < 1.29 is 4.79 Å². The molecule has 2 N–H and O–H groups in total. The molecule has 2 unspecified atom stereocenters. The predicted octanol–water partition coefficient (Wildman–Crippen LogP) is 2.28. The van der Waals surface area contributed by atoms with Crippen LogP contribution in [-0.2, 0) is 0 Å². The van der Waals surface area contributed by atoms with E-state index in [9.17, 15) is 4.79 Å². The largest absolute Gasteiger partial charge is 0.398 e. The van der Waals surface area contributed by atoms with E-state index in [0.29, 0.717) is 17.3 Å². The van der Waals surface area contributed by atoms with E-state index in [-0.39, 0.29) is 11.9 Å². The molecule has 0 radical (unpaired) electrons. The molecule has 2 aliphatic rings. The molecule has 2 atom stereocenters. The summed E-state index contributed by atoms with van der Waals surface area (Å²) in [4.78, 5) is 17.4. The highest BCUT2D eigenvalue weighted by Crippen LogP contribution is 2.25. The van der Waals surface area contributed by atoms with Gasteiger partial charge in [-0.1, -0.05) is 12.5 Å². The number of amides is 1. The number of fused-ring (bicyclic) bond motifs is 1. The lowest BCUT2D eigenvalue weighted by atomic mass is 9.96. The molecule has 0 spiro atoms. The number of hydrogen-bond acceptors (Lipinski definition) is 3. The van der Waals surface area contributed by atoms with Gasteiger partial charge in [0, 0.05) is 36.4 Å². The number of hydrogen-bond donors (Lipinski definition) is 1. The first-order valence-corrected chi connectivity index (χ1v) is 7.97. The minimum atomic E-state index is 0.124. The topological polar surface area (TPSA) is 49.6 Å². The van der Waals surface area contributed by atoms with E-state index in [0.717, 1.165) is 18.7 Å². The molecule has 0 aromatic heterocycles. The predicted molar refractivity (Wildman–Crippen MR) is 85.3 cm³/mol. The number of carbonyl (C=O) groups is 1.